The highest BCUT2D eigenvalue weighted by Crippen LogP contribution is 2.45. The van der Waals surface area contributed by atoms with Crippen LogP contribution in [0.2, 0.25) is 136 Å². The number of hydrogen-bond acceptors (Lipinski definition) is 5. The average Bonchev–Trinajstić information content (AvgIpc) is 2.76. The van der Waals surface area contributed by atoms with Crippen molar-refractivity contribution < 1.29 is 20.9 Å². The van der Waals surface area contributed by atoms with E-state index in [0.717, 1.165) is 30.4 Å². The van der Waals surface area contributed by atoms with Crippen LogP contribution >= 0.6 is 0 Å². The first-order valence-electron chi connectivity index (χ1n) is 18.9. The lowest BCUT2D eigenvalue weighted by molar-refractivity contribution is 0.270. The highest BCUT2D eigenvalue weighted by Gasteiger charge is 2.52. The van der Waals surface area contributed by atoms with Gasteiger partial charge in [-0.15, -0.1) is 0 Å². The average molecular weight is 814 g/mol. The lowest BCUT2D eigenvalue weighted by atomic mass is 10.2. The van der Waals surface area contributed by atoms with Crippen LogP contribution in [0.5, 0.6) is 0 Å². The summed E-state index contributed by atoms with van der Waals surface area (Å²) in [5.74, 6) is 0. The summed E-state index contributed by atoms with van der Waals surface area (Å²) in [5.41, 5.74) is 0. The molecule has 0 aliphatic heterocycles. The van der Waals surface area contributed by atoms with Gasteiger partial charge in [0.2, 0.25) is 0 Å². The van der Waals surface area contributed by atoms with Crippen LogP contribution in [0.25, 0.3) is 0 Å². The SMILES string of the molecule is CC(C)(C)[Si](C)(C)CO[Si](C)(CC[Si](C)(C)O[Si](C)(C)CC[Si](C)(O[Si](C)(C)C(C)(C)C)O[Si](C)(C)C(C)(C)C)O[Si](C)(C)C(C)(C)C. The molecule has 0 saturated carbocycles. The summed E-state index contributed by atoms with van der Waals surface area (Å²) in [4.78, 5) is 0. The lowest BCUT2D eigenvalue weighted by Crippen LogP contribution is -2.59. The molecule has 0 bridgehead atoms. The minimum atomic E-state index is -2.49. The van der Waals surface area contributed by atoms with Gasteiger partial charge < -0.3 is 20.9 Å². The van der Waals surface area contributed by atoms with Gasteiger partial charge in [0.1, 0.15) is 0 Å². The van der Waals surface area contributed by atoms with E-state index in [-0.39, 0.29) is 20.2 Å². The fourth-order valence-electron chi connectivity index (χ4n) is 4.81. The minimum Gasteiger partial charge on any atom is -0.456 e. The highest BCUT2D eigenvalue weighted by molar-refractivity contribution is 6.92. The van der Waals surface area contributed by atoms with Crippen molar-refractivity contribution in [2.24, 2.45) is 0 Å². The van der Waals surface area contributed by atoms with Crippen molar-refractivity contribution in [2.75, 3.05) is 6.23 Å². The Bertz CT molecular complexity index is 1000. The van der Waals surface area contributed by atoms with Crippen molar-refractivity contribution in [3.8, 4) is 0 Å². The Kier molecular flexibility index (Phi) is 16.2. The summed E-state index contributed by atoms with van der Waals surface area (Å²) in [6, 6.07) is 4.17. The maximum absolute atomic E-state index is 7.35. The fourth-order valence-corrected chi connectivity index (χ4v) is 41.9. The Morgan fingerprint density at radius 1 is 0.333 bits per heavy atom. The van der Waals surface area contributed by atoms with E-state index >= 15 is 0 Å². The summed E-state index contributed by atoms with van der Waals surface area (Å²) in [6.07, 6.45) is 0.864. The first-order valence-corrected chi connectivity index (χ1v) is 42.1. The molecule has 0 heterocycles. The first kappa shape index (κ1) is 49.5. The van der Waals surface area contributed by atoms with Crippen molar-refractivity contribution in [3.05, 3.63) is 0 Å². The Labute approximate surface area is 311 Å². The van der Waals surface area contributed by atoms with Gasteiger partial charge >= 0.3 is 17.1 Å². The second-order valence-electron chi connectivity index (χ2n) is 22.9. The largest absolute Gasteiger partial charge is 0.456 e. The zero-order valence-electron chi connectivity index (χ0n) is 37.6. The molecule has 0 fully saturated rings. The van der Waals surface area contributed by atoms with Crippen LogP contribution in [0.15, 0.2) is 0 Å². The maximum atomic E-state index is 7.35. The lowest BCUT2D eigenvalue weighted by Gasteiger charge is -2.49. The maximum Gasteiger partial charge on any atom is 0.324 e. The van der Waals surface area contributed by atoms with E-state index < -0.39 is 66.8 Å². The van der Waals surface area contributed by atoms with Gasteiger partial charge in [-0.3, -0.25) is 0 Å². The van der Waals surface area contributed by atoms with E-state index in [9.17, 15) is 0 Å². The van der Waals surface area contributed by atoms with Gasteiger partial charge in [0.05, 0.1) is 8.07 Å². The van der Waals surface area contributed by atoms with Gasteiger partial charge in [-0.05, 0) is 123 Å². The molecule has 0 rings (SSSR count). The molecule has 0 aliphatic rings. The smallest absolute Gasteiger partial charge is 0.324 e. The van der Waals surface area contributed by atoms with Crippen molar-refractivity contribution in [2.45, 2.75) is 219 Å². The van der Waals surface area contributed by atoms with E-state index in [2.05, 4.69) is 175 Å². The predicted molar refractivity (Wildman–Crippen MR) is 237 cm³/mol. The molecule has 0 aromatic heterocycles. The summed E-state index contributed by atoms with van der Waals surface area (Å²) in [5, 5.41) is 0.722. The molecule has 1 unspecified atom stereocenters. The molecule has 290 valence electrons. The molecule has 0 N–H and O–H groups in total. The summed E-state index contributed by atoms with van der Waals surface area (Å²) in [7, 11) is -16.7. The summed E-state index contributed by atoms with van der Waals surface area (Å²) < 4.78 is 36.4. The molecule has 0 saturated heterocycles. The predicted octanol–water partition coefficient (Wildman–Crippen LogP) is 13.7. The van der Waals surface area contributed by atoms with Gasteiger partial charge in [0.15, 0.2) is 41.6 Å². The van der Waals surface area contributed by atoms with E-state index in [0.29, 0.717) is 0 Å². The van der Waals surface area contributed by atoms with Crippen LogP contribution in [0.1, 0.15) is 83.1 Å². The number of rotatable bonds is 17. The Morgan fingerprint density at radius 3 is 0.875 bits per heavy atom. The summed E-state index contributed by atoms with van der Waals surface area (Å²) in [6.45, 7) is 62.0. The molecular formula is C35H88O5Si8. The molecule has 13 heteroatoms. The first-order chi connectivity index (χ1) is 20.4. The normalized spacial score (nSPS) is 17.1. The van der Waals surface area contributed by atoms with Crippen molar-refractivity contribution >= 4 is 66.8 Å². The zero-order chi connectivity index (χ0) is 39.1. The van der Waals surface area contributed by atoms with Crippen molar-refractivity contribution in [1.29, 1.82) is 0 Å². The molecule has 0 aliphatic carbocycles. The molecule has 0 radical (unpaired) electrons. The van der Waals surface area contributed by atoms with Gasteiger partial charge in [-0.1, -0.05) is 96.2 Å². The molecular weight excluding hydrogens is 725 g/mol. The van der Waals surface area contributed by atoms with Crippen LogP contribution in [0.4, 0.5) is 0 Å². The van der Waals surface area contributed by atoms with Crippen LogP contribution in [0.3, 0.4) is 0 Å². The third-order valence-corrected chi connectivity index (χ3v) is 51.3. The fraction of sp³-hybridized carbons (Fsp3) is 1.00. The Morgan fingerprint density at radius 2 is 0.604 bits per heavy atom. The van der Waals surface area contributed by atoms with Crippen LogP contribution in [-0.4, -0.2) is 73.0 Å². The van der Waals surface area contributed by atoms with E-state index in [1.165, 1.54) is 0 Å². The molecule has 0 aromatic rings. The number of hydrogen-bond donors (Lipinski definition) is 0. The molecule has 0 aromatic carbocycles. The van der Waals surface area contributed by atoms with Crippen LogP contribution in [-0.2, 0) is 20.9 Å². The third-order valence-electron chi connectivity index (χ3n) is 12.5. The van der Waals surface area contributed by atoms with Gasteiger partial charge in [0, 0.05) is 6.23 Å². The second kappa shape index (κ2) is 15.7. The molecule has 0 amide bonds. The third kappa shape index (κ3) is 15.1. The van der Waals surface area contributed by atoms with Crippen molar-refractivity contribution in [1.82, 2.24) is 0 Å². The Balaban J connectivity index is 6.20. The standard InChI is InChI=1S/C35H88O5Si8/c1-32(2,3)41(13,14)31-36-47(25,38-44(19,20)33(4,5)6)29-27-42(15,16)37-43(17,18)28-30-48(26,39-45(21,22)34(7,8)9)40-46(23,24)35(10,11)12/h27-31H2,1-26H3. The molecule has 5 nitrogen and oxygen atoms in total. The van der Waals surface area contributed by atoms with Gasteiger partial charge in [-0.2, -0.15) is 0 Å². The van der Waals surface area contributed by atoms with Crippen LogP contribution in [0, 0.1) is 0 Å². The van der Waals surface area contributed by atoms with Gasteiger partial charge in [-0.25, -0.2) is 0 Å². The second-order valence-corrected chi connectivity index (χ2v) is 59.1. The summed E-state index contributed by atoms with van der Waals surface area (Å²) >= 11 is 0. The molecule has 1 atom stereocenters. The van der Waals surface area contributed by atoms with E-state index in [4.69, 9.17) is 20.9 Å². The highest BCUT2D eigenvalue weighted by atomic mass is 28.5. The van der Waals surface area contributed by atoms with Crippen LogP contribution < -0.4 is 0 Å². The zero-order valence-corrected chi connectivity index (χ0v) is 45.6. The Hall–Kier alpha value is 1.54. The topological polar surface area (TPSA) is 46.2 Å². The van der Waals surface area contributed by atoms with E-state index in [1.54, 1.807) is 0 Å². The quantitative estimate of drug-likeness (QED) is 0.137. The molecule has 0 spiro atoms. The van der Waals surface area contributed by atoms with E-state index in [1.807, 2.05) is 0 Å². The van der Waals surface area contributed by atoms with Crippen molar-refractivity contribution in [3.63, 3.8) is 0 Å². The monoisotopic (exact) mass is 812 g/mol. The molecule has 48 heavy (non-hydrogen) atoms. The minimum absolute atomic E-state index is 0.145. The van der Waals surface area contributed by atoms with Gasteiger partial charge in [0.25, 0.3) is 0 Å².